The van der Waals surface area contributed by atoms with Gasteiger partial charge in [-0.1, -0.05) is 43.3 Å². The van der Waals surface area contributed by atoms with Crippen molar-refractivity contribution in [2.75, 3.05) is 36.0 Å². The maximum absolute atomic E-state index is 12.3. The van der Waals surface area contributed by atoms with E-state index in [4.69, 9.17) is 9.72 Å². The normalized spacial score (nSPS) is 17.8. The predicted octanol–water partition coefficient (Wildman–Crippen LogP) is 6.79. The molecule has 3 N–H and O–H groups in total. The lowest BCUT2D eigenvalue weighted by molar-refractivity contribution is -0.123. The molecule has 47 heavy (non-hydrogen) atoms. The number of rotatable bonds is 10. The molecule has 8 heteroatoms. The van der Waals surface area contributed by atoms with Crippen LogP contribution in [0.3, 0.4) is 0 Å². The van der Waals surface area contributed by atoms with E-state index in [1.54, 1.807) is 0 Å². The number of fused-ring (bicyclic) bond motifs is 2. The number of aryl methyl sites for hydroxylation is 1. The van der Waals surface area contributed by atoms with Gasteiger partial charge >= 0.3 is 0 Å². The first-order valence-corrected chi connectivity index (χ1v) is 16.9. The lowest BCUT2D eigenvalue weighted by atomic mass is 9.88. The minimum Gasteiger partial charge on any atom is -0.484 e. The zero-order valence-corrected chi connectivity index (χ0v) is 27.0. The highest BCUT2D eigenvalue weighted by molar-refractivity contribution is 5.83. The smallest absolute Gasteiger partial charge is 0.257 e. The third kappa shape index (κ3) is 6.98. The maximum Gasteiger partial charge on any atom is 0.257 e. The number of benzene rings is 4. The molecule has 8 nitrogen and oxygen atoms in total. The second-order valence-corrected chi connectivity index (χ2v) is 12.8. The maximum atomic E-state index is 12.3. The van der Waals surface area contributed by atoms with Gasteiger partial charge in [-0.05, 0) is 103 Å². The monoisotopic (exact) mass is 629 g/mol. The van der Waals surface area contributed by atoms with E-state index in [9.17, 15) is 9.90 Å². The standard InChI is InChI=1S/C39H43N5O3/c1-27-34-18-14-31(43-21-6-3-7-22-43)23-30(34)25-44(39(27)46)32-15-19-35-36(24-32)42-38(41-35)29-12-16-33(17-13-29)47-26-37(45)40-20-8-11-28-9-4-2-5-10-28/h2,4-5,9-10,12-19,23-24,27,39,46H,3,6-8,11,20-22,25-26H2,1H3,(H,40,45)(H,41,42)/t27?,39-/m0/s1. The Morgan fingerprint density at radius 3 is 2.55 bits per heavy atom. The highest BCUT2D eigenvalue weighted by Crippen LogP contribution is 2.38. The van der Waals surface area contributed by atoms with Crippen molar-refractivity contribution in [3.63, 3.8) is 0 Å². The highest BCUT2D eigenvalue weighted by Gasteiger charge is 2.32. The number of H-pyrrole nitrogens is 1. The molecular weight excluding hydrogens is 586 g/mol. The third-order valence-electron chi connectivity index (χ3n) is 9.55. The third-order valence-corrected chi connectivity index (χ3v) is 9.55. The number of carbonyl (C=O) groups excluding carboxylic acids is 1. The summed E-state index contributed by atoms with van der Waals surface area (Å²) in [6.45, 7) is 5.58. The molecule has 1 unspecified atom stereocenters. The fourth-order valence-electron chi connectivity index (χ4n) is 6.86. The highest BCUT2D eigenvalue weighted by atomic mass is 16.5. The van der Waals surface area contributed by atoms with Gasteiger partial charge in [0.15, 0.2) is 6.61 Å². The Kier molecular flexibility index (Phi) is 9.11. The number of aliphatic hydroxyl groups is 1. The largest absolute Gasteiger partial charge is 0.484 e. The molecule has 0 radical (unpaired) electrons. The van der Waals surface area contributed by atoms with E-state index in [0.717, 1.165) is 54.0 Å². The van der Waals surface area contributed by atoms with Crippen LogP contribution in [0.5, 0.6) is 5.75 Å². The Bertz CT molecular complexity index is 1810. The van der Waals surface area contributed by atoms with E-state index >= 15 is 0 Å². The molecule has 0 aliphatic carbocycles. The minimum atomic E-state index is -0.618. The number of anilines is 2. The first-order valence-electron chi connectivity index (χ1n) is 16.9. The minimum absolute atomic E-state index is 0.00590. The summed E-state index contributed by atoms with van der Waals surface area (Å²) < 4.78 is 5.73. The van der Waals surface area contributed by atoms with Gasteiger partial charge in [0.2, 0.25) is 0 Å². The number of aliphatic hydroxyl groups excluding tert-OH is 1. The Hall–Kier alpha value is -4.82. The molecule has 1 saturated heterocycles. The van der Waals surface area contributed by atoms with Gasteiger partial charge < -0.3 is 29.9 Å². The summed E-state index contributed by atoms with van der Waals surface area (Å²) >= 11 is 0. The van der Waals surface area contributed by atoms with E-state index in [-0.39, 0.29) is 18.4 Å². The topological polar surface area (TPSA) is 93.7 Å². The number of aromatic nitrogens is 2. The summed E-state index contributed by atoms with van der Waals surface area (Å²) in [7, 11) is 0. The lowest BCUT2D eigenvalue weighted by Crippen LogP contribution is -2.42. The van der Waals surface area contributed by atoms with Gasteiger partial charge in [0.25, 0.3) is 5.91 Å². The molecule has 242 valence electrons. The van der Waals surface area contributed by atoms with Gasteiger partial charge in [0.1, 0.15) is 17.8 Å². The number of ether oxygens (including phenoxy) is 1. The summed E-state index contributed by atoms with van der Waals surface area (Å²) in [5.41, 5.74) is 8.72. The molecule has 1 aromatic heterocycles. The zero-order valence-electron chi connectivity index (χ0n) is 27.0. The lowest BCUT2D eigenvalue weighted by Gasteiger charge is -2.40. The number of hydrogen-bond donors (Lipinski definition) is 3. The van der Waals surface area contributed by atoms with Crippen LogP contribution in [0.1, 0.15) is 55.2 Å². The van der Waals surface area contributed by atoms with E-state index < -0.39 is 6.23 Å². The Balaban J connectivity index is 0.977. The van der Waals surface area contributed by atoms with Crippen molar-refractivity contribution < 1.29 is 14.6 Å². The predicted molar refractivity (Wildman–Crippen MR) is 188 cm³/mol. The second kappa shape index (κ2) is 13.9. The van der Waals surface area contributed by atoms with Crippen molar-refractivity contribution in [2.45, 2.75) is 57.7 Å². The van der Waals surface area contributed by atoms with E-state index in [0.29, 0.717) is 18.8 Å². The fourth-order valence-corrected chi connectivity index (χ4v) is 6.86. The average Bonchev–Trinajstić information content (AvgIpc) is 3.55. The van der Waals surface area contributed by atoms with Crippen LogP contribution in [0, 0.1) is 0 Å². The van der Waals surface area contributed by atoms with Crippen LogP contribution in [0.15, 0.2) is 91.0 Å². The Morgan fingerprint density at radius 1 is 0.957 bits per heavy atom. The zero-order chi connectivity index (χ0) is 32.2. The molecule has 0 spiro atoms. The first kappa shape index (κ1) is 30.8. The van der Waals surface area contributed by atoms with Gasteiger partial charge in [0.05, 0.1) is 11.0 Å². The fraction of sp³-hybridized carbons (Fsp3) is 0.333. The molecule has 2 aliphatic rings. The SMILES string of the molecule is CC1c2ccc(N3CCCCC3)cc2CN(c2ccc3nc(-c4ccc(OCC(=O)NCCCc5ccccc5)cc4)[nH]c3c2)[C@H]1O. The second-order valence-electron chi connectivity index (χ2n) is 12.8. The summed E-state index contributed by atoms with van der Waals surface area (Å²) in [6.07, 6.45) is 5.00. The summed E-state index contributed by atoms with van der Waals surface area (Å²) in [6, 6.07) is 30.8. The molecule has 2 aliphatic heterocycles. The quantitative estimate of drug-likeness (QED) is 0.147. The summed E-state index contributed by atoms with van der Waals surface area (Å²) in [4.78, 5) is 25.1. The molecule has 4 aromatic carbocycles. The molecular formula is C39H43N5O3. The Labute approximate surface area is 276 Å². The number of amides is 1. The van der Waals surface area contributed by atoms with Crippen molar-refractivity contribution in [1.82, 2.24) is 15.3 Å². The van der Waals surface area contributed by atoms with Gasteiger partial charge in [-0.15, -0.1) is 0 Å². The van der Waals surface area contributed by atoms with Crippen molar-refractivity contribution >= 4 is 28.3 Å². The van der Waals surface area contributed by atoms with Crippen molar-refractivity contribution in [1.29, 1.82) is 0 Å². The van der Waals surface area contributed by atoms with E-state index in [2.05, 4.69) is 63.4 Å². The number of aromatic amines is 1. The van der Waals surface area contributed by atoms with Crippen molar-refractivity contribution in [3.8, 4) is 17.1 Å². The summed E-state index contributed by atoms with van der Waals surface area (Å²) in [5, 5.41) is 14.3. The van der Waals surface area contributed by atoms with Gasteiger partial charge in [-0.25, -0.2) is 4.98 Å². The average molecular weight is 630 g/mol. The molecule has 1 fully saturated rings. The number of imidazole rings is 1. The van der Waals surface area contributed by atoms with Gasteiger partial charge in [0, 0.05) is 49.0 Å². The van der Waals surface area contributed by atoms with Crippen molar-refractivity contribution in [2.24, 2.45) is 0 Å². The number of hydrogen-bond acceptors (Lipinski definition) is 6. The molecule has 0 bridgehead atoms. The van der Waals surface area contributed by atoms with Crippen LogP contribution in [0.25, 0.3) is 22.4 Å². The van der Waals surface area contributed by atoms with E-state index in [1.165, 1.54) is 41.6 Å². The number of nitrogens with zero attached hydrogens (tertiary/aromatic N) is 3. The van der Waals surface area contributed by atoms with Gasteiger partial charge in [-0.3, -0.25) is 4.79 Å². The molecule has 3 heterocycles. The van der Waals surface area contributed by atoms with Crippen LogP contribution < -0.4 is 19.9 Å². The van der Waals surface area contributed by atoms with Crippen LogP contribution in [-0.2, 0) is 17.8 Å². The molecule has 1 amide bonds. The molecule has 7 rings (SSSR count). The van der Waals surface area contributed by atoms with Crippen LogP contribution in [0.4, 0.5) is 11.4 Å². The first-order chi connectivity index (χ1) is 23.0. The molecule has 2 atom stereocenters. The summed E-state index contributed by atoms with van der Waals surface area (Å²) in [5.74, 6) is 1.25. The van der Waals surface area contributed by atoms with Crippen LogP contribution >= 0.6 is 0 Å². The van der Waals surface area contributed by atoms with Gasteiger partial charge in [-0.2, -0.15) is 0 Å². The van der Waals surface area contributed by atoms with Crippen LogP contribution in [-0.4, -0.2) is 53.5 Å². The number of carbonyl (C=O) groups is 1. The molecule has 0 saturated carbocycles. The number of nitrogens with one attached hydrogen (secondary N) is 2. The van der Waals surface area contributed by atoms with E-state index in [1.807, 2.05) is 54.6 Å². The van der Waals surface area contributed by atoms with Crippen molar-refractivity contribution in [3.05, 3.63) is 108 Å². The van der Waals surface area contributed by atoms with Crippen LogP contribution in [0.2, 0.25) is 0 Å². The number of piperidine rings is 1. The molecule has 5 aromatic rings. The Morgan fingerprint density at radius 2 is 1.74 bits per heavy atom.